The van der Waals surface area contributed by atoms with E-state index in [9.17, 15) is 14.4 Å². The molecule has 0 bridgehead atoms. The quantitative estimate of drug-likeness (QED) is 0.712. The molecule has 2 atom stereocenters. The van der Waals surface area contributed by atoms with E-state index in [4.69, 9.17) is 22.1 Å². The van der Waals surface area contributed by atoms with Crippen LogP contribution in [0.4, 0.5) is 0 Å². The van der Waals surface area contributed by atoms with Crippen LogP contribution in [0.1, 0.15) is 35.9 Å². The van der Waals surface area contributed by atoms with E-state index in [0.717, 1.165) is 0 Å². The Bertz CT molecular complexity index is 824. The molecule has 3 N–H and O–H groups in total. The van der Waals surface area contributed by atoms with E-state index < -0.39 is 29.9 Å². The highest BCUT2D eigenvalue weighted by Crippen LogP contribution is 2.20. The Balaban J connectivity index is 2.18. The van der Waals surface area contributed by atoms with E-state index in [1.165, 1.54) is 0 Å². The fourth-order valence-electron chi connectivity index (χ4n) is 2.47. The molecular weight excluding hydrogens is 368 g/mol. The largest absolute Gasteiger partial charge is 0.446 e. The predicted molar refractivity (Wildman–Crippen MR) is 102 cm³/mol. The van der Waals surface area contributed by atoms with Crippen molar-refractivity contribution in [3.8, 4) is 0 Å². The standard InChI is InChI=1S/C20H21ClN2O4/c1-12(2)16(23-19(25)14-10-6-7-11-15(14)21)20(26)27-17(18(22)24)13-8-4-3-5-9-13/h3-12,16-17H,1-2H3,(H2,22,24)(H,23,25)/t16-,17+/m0/s1. The van der Waals surface area contributed by atoms with Gasteiger partial charge < -0.3 is 15.8 Å². The number of esters is 1. The number of ether oxygens (including phenoxy) is 1. The summed E-state index contributed by atoms with van der Waals surface area (Å²) in [5, 5.41) is 2.89. The highest BCUT2D eigenvalue weighted by Gasteiger charge is 2.31. The molecule has 2 rings (SSSR count). The van der Waals surface area contributed by atoms with E-state index in [1.54, 1.807) is 68.4 Å². The maximum absolute atomic E-state index is 12.6. The molecule has 2 amide bonds. The Labute approximate surface area is 162 Å². The predicted octanol–water partition coefficient (Wildman–Crippen LogP) is 2.86. The smallest absolute Gasteiger partial charge is 0.330 e. The van der Waals surface area contributed by atoms with Crippen molar-refractivity contribution in [2.75, 3.05) is 0 Å². The molecule has 0 radical (unpaired) electrons. The van der Waals surface area contributed by atoms with Gasteiger partial charge in [0.1, 0.15) is 6.04 Å². The van der Waals surface area contributed by atoms with Gasteiger partial charge in [-0.1, -0.05) is 67.9 Å². The highest BCUT2D eigenvalue weighted by atomic mass is 35.5. The van der Waals surface area contributed by atoms with E-state index in [1.807, 2.05) is 0 Å². The zero-order valence-electron chi connectivity index (χ0n) is 15.0. The van der Waals surface area contributed by atoms with Crippen LogP contribution >= 0.6 is 11.6 Å². The second kappa shape index (κ2) is 9.19. The summed E-state index contributed by atoms with van der Waals surface area (Å²) in [4.78, 5) is 36.9. The SMILES string of the molecule is CC(C)[C@H](NC(=O)c1ccccc1Cl)C(=O)O[C@@H](C(N)=O)c1ccccc1. The Hall–Kier alpha value is -2.86. The first-order valence-electron chi connectivity index (χ1n) is 8.41. The Morgan fingerprint density at radius 1 is 1.00 bits per heavy atom. The Morgan fingerprint density at radius 3 is 2.15 bits per heavy atom. The fourth-order valence-corrected chi connectivity index (χ4v) is 2.69. The van der Waals surface area contributed by atoms with Crippen molar-refractivity contribution in [2.45, 2.75) is 26.0 Å². The van der Waals surface area contributed by atoms with Crippen molar-refractivity contribution in [2.24, 2.45) is 11.7 Å². The third-order valence-corrected chi connectivity index (χ3v) is 4.25. The number of halogens is 1. The molecule has 0 saturated carbocycles. The lowest BCUT2D eigenvalue weighted by atomic mass is 10.0. The summed E-state index contributed by atoms with van der Waals surface area (Å²) >= 11 is 6.03. The topological polar surface area (TPSA) is 98.5 Å². The molecule has 0 spiro atoms. The third-order valence-electron chi connectivity index (χ3n) is 3.92. The summed E-state index contributed by atoms with van der Waals surface area (Å²) in [6, 6.07) is 14.0. The van der Waals surface area contributed by atoms with Crippen molar-refractivity contribution in [3.05, 3.63) is 70.7 Å². The lowest BCUT2D eigenvalue weighted by Gasteiger charge is -2.24. The van der Waals surface area contributed by atoms with E-state index >= 15 is 0 Å². The third kappa shape index (κ3) is 5.31. The van der Waals surface area contributed by atoms with Crippen molar-refractivity contribution >= 4 is 29.4 Å². The highest BCUT2D eigenvalue weighted by molar-refractivity contribution is 6.33. The van der Waals surface area contributed by atoms with Crippen LogP contribution in [0.5, 0.6) is 0 Å². The number of rotatable bonds is 7. The molecule has 6 nitrogen and oxygen atoms in total. The van der Waals surface area contributed by atoms with Gasteiger partial charge in [0.25, 0.3) is 11.8 Å². The second-order valence-electron chi connectivity index (χ2n) is 6.30. The first kappa shape index (κ1) is 20.5. The minimum atomic E-state index is -1.24. The molecule has 27 heavy (non-hydrogen) atoms. The number of benzene rings is 2. The van der Waals surface area contributed by atoms with Crippen LogP contribution in [0, 0.1) is 5.92 Å². The fraction of sp³-hybridized carbons (Fsp3) is 0.250. The van der Waals surface area contributed by atoms with Gasteiger partial charge in [0.05, 0.1) is 10.6 Å². The van der Waals surface area contributed by atoms with Gasteiger partial charge in [-0.25, -0.2) is 4.79 Å². The zero-order chi connectivity index (χ0) is 20.0. The molecule has 0 aromatic heterocycles. The van der Waals surface area contributed by atoms with Gasteiger partial charge in [-0.2, -0.15) is 0 Å². The minimum absolute atomic E-state index is 0.243. The van der Waals surface area contributed by atoms with E-state index in [2.05, 4.69) is 5.32 Å². The molecule has 0 unspecified atom stereocenters. The zero-order valence-corrected chi connectivity index (χ0v) is 15.8. The van der Waals surface area contributed by atoms with Gasteiger partial charge >= 0.3 is 5.97 Å². The molecule has 2 aromatic carbocycles. The first-order valence-corrected chi connectivity index (χ1v) is 8.79. The molecule has 7 heteroatoms. The van der Waals surface area contributed by atoms with Crippen LogP contribution in [0.3, 0.4) is 0 Å². The van der Waals surface area contributed by atoms with Crippen molar-refractivity contribution in [1.29, 1.82) is 0 Å². The summed E-state index contributed by atoms with van der Waals surface area (Å²) in [5.74, 6) is -2.34. The molecule has 2 aromatic rings. The molecule has 0 fully saturated rings. The summed E-state index contributed by atoms with van der Waals surface area (Å²) in [6.45, 7) is 3.50. The molecule has 0 heterocycles. The number of hydrogen-bond acceptors (Lipinski definition) is 4. The van der Waals surface area contributed by atoms with Gasteiger partial charge in [-0.05, 0) is 18.1 Å². The number of nitrogens with one attached hydrogen (secondary N) is 1. The van der Waals surface area contributed by atoms with E-state index in [0.29, 0.717) is 5.56 Å². The van der Waals surface area contributed by atoms with Crippen LogP contribution in [0.2, 0.25) is 5.02 Å². The van der Waals surface area contributed by atoms with Gasteiger partial charge in [-0.3, -0.25) is 9.59 Å². The number of carbonyl (C=O) groups excluding carboxylic acids is 3. The molecule has 0 aliphatic carbocycles. The van der Waals surface area contributed by atoms with Gasteiger partial charge in [0, 0.05) is 5.56 Å². The Morgan fingerprint density at radius 2 is 1.59 bits per heavy atom. The molecule has 142 valence electrons. The van der Waals surface area contributed by atoms with E-state index in [-0.39, 0.29) is 16.5 Å². The lowest BCUT2D eigenvalue weighted by Crippen LogP contribution is -2.46. The van der Waals surface area contributed by atoms with Crippen LogP contribution in [0.15, 0.2) is 54.6 Å². The second-order valence-corrected chi connectivity index (χ2v) is 6.71. The summed E-state index contributed by atoms with van der Waals surface area (Å²) in [7, 11) is 0. The molecular formula is C20H21ClN2O4. The monoisotopic (exact) mass is 388 g/mol. The number of carbonyl (C=O) groups is 3. The summed E-state index contributed by atoms with van der Waals surface area (Å²) in [6.07, 6.45) is -1.24. The lowest BCUT2D eigenvalue weighted by molar-refractivity contribution is -0.158. The van der Waals surface area contributed by atoms with Crippen molar-refractivity contribution < 1.29 is 19.1 Å². The van der Waals surface area contributed by atoms with Gasteiger partial charge in [0.2, 0.25) is 6.10 Å². The number of hydrogen-bond donors (Lipinski definition) is 2. The molecule has 0 aliphatic rings. The van der Waals surface area contributed by atoms with Crippen molar-refractivity contribution in [3.63, 3.8) is 0 Å². The van der Waals surface area contributed by atoms with Crippen LogP contribution in [-0.2, 0) is 14.3 Å². The molecule has 0 aliphatic heterocycles. The minimum Gasteiger partial charge on any atom is -0.446 e. The summed E-state index contributed by atoms with van der Waals surface area (Å²) < 4.78 is 5.33. The number of amides is 2. The number of nitrogens with two attached hydrogens (primary N) is 1. The Kier molecular flexibility index (Phi) is 6.96. The number of primary amides is 1. The van der Waals surface area contributed by atoms with Gasteiger partial charge in [0.15, 0.2) is 0 Å². The summed E-state index contributed by atoms with van der Waals surface area (Å²) in [5.41, 5.74) is 6.08. The normalized spacial score (nSPS) is 12.9. The van der Waals surface area contributed by atoms with Crippen LogP contribution in [-0.4, -0.2) is 23.8 Å². The maximum atomic E-state index is 12.6. The maximum Gasteiger partial charge on any atom is 0.330 e. The average Bonchev–Trinajstić information content (AvgIpc) is 2.64. The first-order chi connectivity index (χ1) is 12.8. The average molecular weight is 389 g/mol. The molecule has 0 saturated heterocycles. The van der Waals surface area contributed by atoms with Crippen molar-refractivity contribution in [1.82, 2.24) is 5.32 Å². The van der Waals surface area contributed by atoms with Crippen LogP contribution in [0.25, 0.3) is 0 Å². The van der Waals surface area contributed by atoms with Gasteiger partial charge in [-0.15, -0.1) is 0 Å². The van der Waals surface area contributed by atoms with Crippen LogP contribution < -0.4 is 11.1 Å².